The fraction of sp³-hybridized carbons (Fsp3) is 1.00. The van der Waals surface area contributed by atoms with Gasteiger partial charge < -0.3 is 5.32 Å². The van der Waals surface area contributed by atoms with E-state index in [0.717, 1.165) is 11.8 Å². The molecular weight excluding hydrogens is 166 g/mol. The lowest BCUT2D eigenvalue weighted by molar-refractivity contribution is 0.306. The molecule has 1 nitrogen and oxygen atoms in total. The number of thiol groups is 1. The van der Waals surface area contributed by atoms with E-state index in [1.165, 1.54) is 25.9 Å². The maximum absolute atomic E-state index is 4.77. The SMILES string of the molecule is CC(C)C(S)C12CCNCC1C2. The Bertz CT molecular complexity index is 181. The molecule has 1 aliphatic heterocycles. The molecule has 0 spiro atoms. The Morgan fingerprint density at radius 2 is 2.25 bits per heavy atom. The highest BCUT2D eigenvalue weighted by atomic mass is 32.1. The van der Waals surface area contributed by atoms with Crippen LogP contribution in [-0.2, 0) is 0 Å². The second-order valence-corrected chi connectivity index (χ2v) is 5.33. The summed E-state index contributed by atoms with van der Waals surface area (Å²) in [4.78, 5) is 0. The fourth-order valence-electron chi connectivity index (χ4n) is 2.75. The summed E-state index contributed by atoms with van der Waals surface area (Å²) in [6.07, 6.45) is 2.77. The van der Waals surface area contributed by atoms with E-state index in [2.05, 4.69) is 19.2 Å². The van der Waals surface area contributed by atoms with Crippen LogP contribution in [0.5, 0.6) is 0 Å². The largest absolute Gasteiger partial charge is 0.316 e. The van der Waals surface area contributed by atoms with Gasteiger partial charge in [-0.15, -0.1) is 0 Å². The minimum atomic E-state index is 0.628. The Balaban J connectivity index is 2.03. The zero-order valence-corrected chi connectivity index (χ0v) is 8.90. The lowest BCUT2D eigenvalue weighted by Gasteiger charge is -2.30. The van der Waals surface area contributed by atoms with E-state index in [9.17, 15) is 0 Å². The molecule has 0 aromatic heterocycles. The summed E-state index contributed by atoms with van der Waals surface area (Å²) in [7, 11) is 0. The maximum Gasteiger partial charge on any atom is 0.00999 e. The normalized spacial score (nSPS) is 42.5. The first kappa shape index (κ1) is 8.89. The van der Waals surface area contributed by atoms with Crippen LogP contribution in [0, 0.1) is 17.3 Å². The van der Waals surface area contributed by atoms with E-state index in [0.29, 0.717) is 10.7 Å². The molecule has 1 saturated carbocycles. The van der Waals surface area contributed by atoms with Crippen molar-refractivity contribution in [1.29, 1.82) is 0 Å². The predicted molar refractivity (Wildman–Crippen MR) is 55.6 cm³/mol. The molecule has 2 heteroatoms. The average molecular weight is 185 g/mol. The molecule has 2 aliphatic rings. The number of rotatable bonds is 2. The van der Waals surface area contributed by atoms with Crippen molar-refractivity contribution in [2.24, 2.45) is 17.3 Å². The van der Waals surface area contributed by atoms with Gasteiger partial charge in [-0.05, 0) is 43.2 Å². The smallest absolute Gasteiger partial charge is 0.00999 e. The molecule has 3 unspecified atom stereocenters. The second kappa shape index (κ2) is 2.91. The summed E-state index contributed by atoms with van der Waals surface area (Å²) in [5, 5.41) is 4.09. The molecule has 1 N–H and O–H groups in total. The number of nitrogens with one attached hydrogen (secondary N) is 1. The standard InChI is InChI=1S/C10H19NS/c1-7(2)9(12)10-3-4-11-6-8(10)5-10/h7-9,11-12H,3-6H2,1-2H3. The van der Waals surface area contributed by atoms with E-state index in [4.69, 9.17) is 12.6 Å². The van der Waals surface area contributed by atoms with Crippen LogP contribution in [0.1, 0.15) is 26.7 Å². The van der Waals surface area contributed by atoms with Gasteiger partial charge in [0, 0.05) is 5.25 Å². The molecule has 1 saturated heterocycles. The Kier molecular flexibility index (Phi) is 2.16. The van der Waals surface area contributed by atoms with E-state index in [1.807, 2.05) is 0 Å². The monoisotopic (exact) mass is 185 g/mol. The van der Waals surface area contributed by atoms with Crippen LogP contribution in [0.4, 0.5) is 0 Å². The molecule has 1 heterocycles. The Labute approximate surface area is 80.7 Å². The highest BCUT2D eigenvalue weighted by molar-refractivity contribution is 7.81. The van der Waals surface area contributed by atoms with Crippen molar-refractivity contribution >= 4 is 12.6 Å². The van der Waals surface area contributed by atoms with Gasteiger partial charge in [-0.2, -0.15) is 12.6 Å². The lowest BCUT2D eigenvalue weighted by atomic mass is 9.86. The molecule has 3 atom stereocenters. The zero-order chi connectivity index (χ0) is 8.77. The van der Waals surface area contributed by atoms with Gasteiger partial charge >= 0.3 is 0 Å². The molecule has 0 bridgehead atoms. The van der Waals surface area contributed by atoms with Crippen molar-refractivity contribution in [2.75, 3.05) is 13.1 Å². The maximum atomic E-state index is 4.77. The van der Waals surface area contributed by atoms with Crippen molar-refractivity contribution in [1.82, 2.24) is 5.32 Å². The number of fused-ring (bicyclic) bond motifs is 1. The summed E-state index contributed by atoms with van der Waals surface area (Å²) in [5.74, 6) is 1.67. The molecule has 0 aromatic carbocycles. The molecule has 0 radical (unpaired) electrons. The van der Waals surface area contributed by atoms with Gasteiger partial charge in [-0.1, -0.05) is 13.8 Å². The topological polar surface area (TPSA) is 12.0 Å². The summed E-state index contributed by atoms with van der Waals surface area (Å²) >= 11 is 4.77. The third-order valence-corrected chi connectivity index (χ3v) is 4.77. The van der Waals surface area contributed by atoms with Gasteiger partial charge in [0.1, 0.15) is 0 Å². The third-order valence-electron chi connectivity index (χ3n) is 3.66. The fourth-order valence-corrected chi connectivity index (χ4v) is 3.20. The Morgan fingerprint density at radius 3 is 2.83 bits per heavy atom. The molecule has 1 aliphatic carbocycles. The number of hydrogen-bond acceptors (Lipinski definition) is 2. The van der Waals surface area contributed by atoms with Gasteiger partial charge in [0.25, 0.3) is 0 Å². The highest BCUT2D eigenvalue weighted by Gasteiger charge is 2.58. The van der Waals surface area contributed by atoms with E-state index >= 15 is 0 Å². The third kappa shape index (κ3) is 1.20. The highest BCUT2D eigenvalue weighted by Crippen LogP contribution is 2.61. The first-order valence-electron chi connectivity index (χ1n) is 5.05. The van der Waals surface area contributed by atoms with Crippen LogP contribution in [0.2, 0.25) is 0 Å². The molecule has 70 valence electrons. The first-order chi connectivity index (χ1) is 5.67. The van der Waals surface area contributed by atoms with Crippen molar-refractivity contribution < 1.29 is 0 Å². The van der Waals surface area contributed by atoms with Crippen molar-refractivity contribution in [3.05, 3.63) is 0 Å². The van der Waals surface area contributed by atoms with E-state index in [1.54, 1.807) is 0 Å². The molecule has 2 rings (SSSR count). The molecule has 12 heavy (non-hydrogen) atoms. The summed E-state index contributed by atoms with van der Waals surface area (Å²) in [6.45, 7) is 7.04. The van der Waals surface area contributed by atoms with Gasteiger partial charge in [-0.3, -0.25) is 0 Å². The lowest BCUT2D eigenvalue weighted by Crippen LogP contribution is -2.35. The van der Waals surface area contributed by atoms with Gasteiger partial charge in [-0.25, -0.2) is 0 Å². The van der Waals surface area contributed by atoms with Gasteiger partial charge in [0.05, 0.1) is 0 Å². The van der Waals surface area contributed by atoms with Crippen molar-refractivity contribution in [3.63, 3.8) is 0 Å². The Hall–Kier alpha value is 0.310. The molecule has 2 fully saturated rings. The first-order valence-corrected chi connectivity index (χ1v) is 5.57. The van der Waals surface area contributed by atoms with Crippen LogP contribution in [0.15, 0.2) is 0 Å². The molecular formula is C10H19NS. The minimum Gasteiger partial charge on any atom is -0.316 e. The van der Waals surface area contributed by atoms with Crippen LogP contribution in [-0.4, -0.2) is 18.3 Å². The van der Waals surface area contributed by atoms with Crippen LogP contribution >= 0.6 is 12.6 Å². The van der Waals surface area contributed by atoms with Crippen LogP contribution in [0.25, 0.3) is 0 Å². The summed E-state index contributed by atoms with van der Waals surface area (Å²) < 4.78 is 0. The molecule has 0 amide bonds. The number of piperidine rings is 1. The second-order valence-electron chi connectivity index (χ2n) is 4.78. The van der Waals surface area contributed by atoms with Crippen LogP contribution < -0.4 is 5.32 Å². The van der Waals surface area contributed by atoms with E-state index in [-0.39, 0.29) is 0 Å². The average Bonchev–Trinajstić information content (AvgIpc) is 2.77. The van der Waals surface area contributed by atoms with Gasteiger partial charge in [0.15, 0.2) is 0 Å². The van der Waals surface area contributed by atoms with Crippen molar-refractivity contribution in [2.45, 2.75) is 31.9 Å². The summed E-state index contributed by atoms with van der Waals surface area (Å²) in [5.41, 5.74) is 0.628. The quantitative estimate of drug-likeness (QED) is 0.627. The number of hydrogen-bond donors (Lipinski definition) is 2. The van der Waals surface area contributed by atoms with Gasteiger partial charge in [0.2, 0.25) is 0 Å². The summed E-state index contributed by atoms with van der Waals surface area (Å²) in [6, 6.07) is 0. The minimum absolute atomic E-state index is 0.628. The van der Waals surface area contributed by atoms with E-state index < -0.39 is 0 Å². The van der Waals surface area contributed by atoms with Crippen molar-refractivity contribution in [3.8, 4) is 0 Å². The predicted octanol–water partition coefficient (Wildman–Crippen LogP) is 1.94. The zero-order valence-electron chi connectivity index (χ0n) is 8.01. The Morgan fingerprint density at radius 1 is 1.50 bits per heavy atom. The van der Waals surface area contributed by atoms with Crippen LogP contribution in [0.3, 0.4) is 0 Å². The molecule has 0 aromatic rings.